The van der Waals surface area contributed by atoms with E-state index in [1.807, 2.05) is 0 Å². The summed E-state index contributed by atoms with van der Waals surface area (Å²) in [6.07, 6.45) is -1.50. The standard InChI is InChI=1S/C16H20F4N2O4/c1-16(2,3)22(15(24)25)12(8-26-14(19)20)13(23)21-7-9-4-5-10(17)11(18)6-9/h4-6,12,14H,7-8H2,1-3H3,(H,21,23)(H,24,25)/t12-/m1/s1. The molecule has 0 fully saturated rings. The second-order valence-corrected chi connectivity index (χ2v) is 6.40. The third-order valence-electron chi connectivity index (χ3n) is 3.37. The van der Waals surface area contributed by atoms with E-state index in [0.29, 0.717) is 4.90 Å². The molecule has 0 heterocycles. The van der Waals surface area contributed by atoms with Gasteiger partial charge in [0.05, 0.1) is 6.61 Å². The van der Waals surface area contributed by atoms with Crippen LogP contribution in [0.2, 0.25) is 0 Å². The van der Waals surface area contributed by atoms with Crippen molar-refractivity contribution in [3.05, 3.63) is 35.4 Å². The molecule has 1 rings (SSSR count). The van der Waals surface area contributed by atoms with Gasteiger partial charge in [0, 0.05) is 12.1 Å². The Morgan fingerprint density at radius 2 is 1.85 bits per heavy atom. The molecule has 0 aliphatic carbocycles. The summed E-state index contributed by atoms with van der Waals surface area (Å²) in [4.78, 5) is 24.6. The van der Waals surface area contributed by atoms with Crippen LogP contribution in [0.1, 0.15) is 26.3 Å². The first kappa shape index (κ1) is 21.7. The Balaban J connectivity index is 2.95. The second-order valence-electron chi connectivity index (χ2n) is 6.40. The van der Waals surface area contributed by atoms with Crippen LogP contribution in [-0.4, -0.2) is 46.8 Å². The number of hydrogen-bond acceptors (Lipinski definition) is 3. The highest BCUT2D eigenvalue weighted by atomic mass is 19.3. The summed E-state index contributed by atoms with van der Waals surface area (Å²) in [6.45, 7) is 0.146. The number of carbonyl (C=O) groups is 2. The van der Waals surface area contributed by atoms with Gasteiger partial charge in [0.25, 0.3) is 0 Å². The molecule has 10 heteroatoms. The lowest BCUT2D eigenvalue weighted by Gasteiger charge is -2.38. The molecule has 0 aromatic heterocycles. The van der Waals surface area contributed by atoms with Gasteiger partial charge in [0.2, 0.25) is 5.91 Å². The molecule has 0 aliphatic heterocycles. The predicted octanol–water partition coefficient (Wildman–Crippen LogP) is 2.97. The number of ether oxygens (including phenoxy) is 1. The lowest BCUT2D eigenvalue weighted by Crippen LogP contribution is -2.58. The molecule has 0 aliphatic rings. The maximum Gasteiger partial charge on any atom is 0.408 e. The SMILES string of the molecule is CC(C)(C)N(C(=O)O)[C@H](COC(F)F)C(=O)NCc1ccc(F)c(F)c1. The van der Waals surface area contributed by atoms with E-state index in [9.17, 15) is 32.3 Å². The van der Waals surface area contributed by atoms with Crippen LogP contribution in [0.5, 0.6) is 0 Å². The molecule has 0 spiro atoms. The molecule has 6 nitrogen and oxygen atoms in total. The van der Waals surface area contributed by atoms with Crippen molar-refractivity contribution < 1.29 is 37.0 Å². The molecule has 1 aromatic rings. The minimum Gasteiger partial charge on any atom is -0.465 e. The molecule has 26 heavy (non-hydrogen) atoms. The van der Waals surface area contributed by atoms with Crippen LogP contribution in [0, 0.1) is 11.6 Å². The van der Waals surface area contributed by atoms with Crippen molar-refractivity contribution in [2.45, 2.75) is 45.5 Å². The highest BCUT2D eigenvalue weighted by Crippen LogP contribution is 2.19. The number of benzene rings is 1. The molecule has 0 unspecified atom stereocenters. The molecule has 0 radical (unpaired) electrons. The summed E-state index contributed by atoms with van der Waals surface area (Å²) in [6, 6.07) is 1.39. The van der Waals surface area contributed by atoms with Gasteiger partial charge in [-0.3, -0.25) is 9.69 Å². The number of halogens is 4. The van der Waals surface area contributed by atoms with E-state index < -0.39 is 48.4 Å². The minimum atomic E-state index is -3.19. The minimum absolute atomic E-state index is 0.211. The maximum absolute atomic E-state index is 13.2. The molecule has 2 amide bonds. The van der Waals surface area contributed by atoms with Crippen molar-refractivity contribution >= 4 is 12.0 Å². The van der Waals surface area contributed by atoms with Crippen molar-refractivity contribution in [1.82, 2.24) is 10.2 Å². The van der Waals surface area contributed by atoms with E-state index in [2.05, 4.69) is 10.1 Å². The lowest BCUT2D eigenvalue weighted by molar-refractivity contribution is -0.153. The number of hydrogen-bond donors (Lipinski definition) is 2. The van der Waals surface area contributed by atoms with Crippen molar-refractivity contribution in [3.8, 4) is 0 Å². The topological polar surface area (TPSA) is 78.9 Å². The molecular formula is C16H20F4N2O4. The third-order valence-corrected chi connectivity index (χ3v) is 3.37. The van der Waals surface area contributed by atoms with Gasteiger partial charge in [-0.1, -0.05) is 6.07 Å². The number of nitrogens with zero attached hydrogens (tertiary/aromatic N) is 1. The van der Waals surface area contributed by atoms with Crippen molar-refractivity contribution in [1.29, 1.82) is 0 Å². The van der Waals surface area contributed by atoms with Crippen LogP contribution in [0.3, 0.4) is 0 Å². The van der Waals surface area contributed by atoms with Crippen LogP contribution < -0.4 is 5.32 Å². The van der Waals surface area contributed by atoms with Crippen LogP contribution in [0.25, 0.3) is 0 Å². The number of amides is 2. The zero-order chi connectivity index (χ0) is 20.1. The number of nitrogens with one attached hydrogen (secondary N) is 1. The van der Waals surface area contributed by atoms with E-state index in [-0.39, 0.29) is 12.1 Å². The largest absolute Gasteiger partial charge is 0.465 e. The monoisotopic (exact) mass is 380 g/mol. The quantitative estimate of drug-likeness (QED) is 0.713. The Hall–Kier alpha value is -2.36. The van der Waals surface area contributed by atoms with Crippen LogP contribution in [0.15, 0.2) is 18.2 Å². The summed E-state index contributed by atoms with van der Waals surface area (Å²) in [5.74, 6) is -3.09. The van der Waals surface area contributed by atoms with Crippen molar-refractivity contribution in [3.63, 3.8) is 0 Å². The molecular weight excluding hydrogens is 360 g/mol. The van der Waals surface area contributed by atoms with Gasteiger partial charge in [-0.15, -0.1) is 0 Å². The van der Waals surface area contributed by atoms with Gasteiger partial charge in [0.15, 0.2) is 11.6 Å². The van der Waals surface area contributed by atoms with Crippen LogP contribution >= 0.6 is 0 Å². The number of carbonyl (C=O) groups excluding carboxylic acids is 1. The Bertz CT molecular complexity index is 650. The zero-order valence-electron chi connectivity index (χ0n) is 14.4. The fraction of sp³-hybridized carbons (Fsp3) is 0.500. The van der Waals surface area contributed by atoms with Gasteiger partial charge in [-0.05, 0) is 38.5 Å². The number of carboxylic acid groups (broad SMARTS) is 1. The average Bonchev–Trinajstić information content (AvgIpc) is 2.50. The first-order chi connectivity index (χ1) is 11.9. The van der Waals surface area contributed by atoms with Crippen molar-refractivity contribution in [2.75, 3.05) is 6.61 Å². The van der Waals surface area contributed by atoms with Crippen LogP contribution in [0.4, 0.5) is 22.4 Å². The normalized spacial score (nSPS) is 12.8. The smallest absolute Gasteiger partial charge is 0.408 e. The number of rotatable bonds is 7. The van der Waals surface area contributed by atoms with E-state index in [1.165, 1.54) is 26.8 Å². The Labute approximate surface area is 147 Å². The first-order valence-electron chi connectivity index (χ1n) is 7.57. The summed E-state index contributed by atoms with van der Waals surface area (Å²) >= 11 is 0. The van der Waals surface area contributed by atoms with E-state index in [4.69, 9.17) is 0 Å². The third kappa shape index (κ3) is 6.17. The summed E-state index contributed by atoms with van der Waals surface area (Å²) in [5, 5.41) is 11.7. The van der Waals surface area contributed by atoms with E-state index >= 15 is 0 Å². The zero-order valence-corrected chi connectivity index (χ0v) is 14.4. The van der Waals surface area contributed by atoms with Gasteiger partial charge in [-0.2, -0.15) is 8.78 Å². The Morgan fingerprint density at radius 3 is 2.31 bits per heavy atom. The molecule has 2 N–H and O–H groups in total. The Kier molecular flexibility index (Phi) is 7.37. The van der Waals surface area contributed by atoms with Gasteiger partial charge in [0.1, 0.15) is 6.04 Å². The fourth-order valence-electron chi connectivity index (χ4n) is 2.28. The molecule has 1 atom stereocenters. The molecule has 0 saturated heterocycles. The second kappa shape index (κ2) is 8.84. The van der Waals surface area contributed by atoms with Crippen LogP contribution in [-0.2, 0) is 16.1 Å². The van der Waals surface area contributed by atoms with E-state index in [1.54, 1.807) is 0 Å². The lowest BCUT2D eigenvalue weighted by atomic mass is 10.0. The highest BCUT2D eigenvalue weighted by Gasteiger charge is 2.38. The van der Waals surface area contributed by atoms with Gasteiger partial charge >= 0.3 is 12.7 Å². The number of alkyl halides is 2. The summed E-state index contributed by atoms with van der Waals surface area (Å²) in [5.41, 5.74) is -0.871. The first-order valence-corrected chi connectivity index (χ1v) is 7.57. The Morgan fingerprint density at radius 1 is 1.23 bits per heavy atom. The maximum atomic E-state index is 13.2. The molecule has 1 aromatic carbocycles. The highest BCUT2D eigenvalue weighted by molar-refractivity contribution is 5.85. The van der Waals surface area contributed by atoms with Gasteiger partial charge in [-0.25, -0.2) is 13.6 Å². The van der Waals surface area contributed by atoms with Crippen molar-refractivity contribution in [2.24, 2.45) is 0 Å². The van der Waals surface area contributed by atoms with E-state index in [0.717, 1.165) is 12.1 Å². The fourth-order valence-corrected chi connectivity index (χ4v) is 2.28. The summed E-state index contributed by atoms with van der Waals surface area (Å²) in [7, 11) is 0. The molecule has 146 valence electrons. The molecule has 0 saturated carbocycles. The van der Waals surface area contributed by atoms with Gasteiger partial charge < -0.3 is 15.2 Å². The molecule has 0 bridgehead atoms. The summed E-state index contributed by atoms with van der Waals surface area (Å²) < 4.78 is 54.9. The average molecular weight is 380 g/mol. The predicted molar refractivity (Wildman–Crippen MR) is 83.6 cm³/mol.